The van der Waals surface area contributed by atoms with E-state index >= 15 is 0 Å². The van der Waals surface area contributed by atoms with Crippen molar-refractivity contribution in [3.63, 3.8) is 0 Å². The minimum atomic E-state index is -0.125. The van der Waals surface area contributed by atoms with Crippen LogP contribution in [0.1, 0.15) is 44.5 Å². The van der Waals surface area contributed by atoms with Gasteiger partial charge in [-0.1, -0.05) is 0 Å². The summed E-state index contributed by atoms with van der Waals surface area (Å²) in [4.78, 5) is 4.34. The maximum absolute atomic E-state index is 9.62. The Morgan fingerprint density at radius 1 is 1.56 bits per heavy atom. The average Bonchev–Trinajstić information content (AvgIpc) is 2.64. The predicted octanol–water partition coefficient (Wildman–Crippen LogP) is 1.37. The van der Waals surface area contributed by atoms with Crippen molar-refractivity contribution in [2.75, 3.05) is 0 Å². The van der Waals surface area contributed by atoms with Crippen LogP contribution in [0.15, 0.2) is 12.4 Å². The van der Waals surface area contributed by atoms with Gasteiger partial charge >= 0.3 is 0 Å². The predicted molar refractivity (Wildman–Crippen MR) is 63.0 cm³/mol. The lowest BCUT2D eigenvalue weighted by atomic mass is 9.92. The Morgan fingerprint density at radius 3 is 3.00 bits per heavy atom. The molecule has 0 aliphatic heterocycles. The van der Waals surface area contributed by atoms with Crippen molar-refractivity contribution in [3.05, 3.63) is 18.2 Å². The summed E-state index contributed by atoms with van der Waals surface area (Å²) in [6.07, 6.45) is 7.76. The van der Waals surface area contributed by atoms with Crippen molar-refractivity contribution in [2.24, 2.45) is 7.05 Å². The number of rotatable bonds is 3. The standard InChI is InChI=1S/C12H21N3O/c1-9(12-13-6-7-15(12)2)14-10-4-3-5-11(16)8-10/h6-7,9-11,14,16H,3-5,8H2,1-2H3. The number of hydrogen-bond acceptors (Lipinski definition) is 3. The first kappa shape index (κ1) is 11.6. The summed E-state index contributed by atoms with van der Waals surface area (Å²) < 4.78 is 2.04. The smallest absolute Gasteiger partial charge is 0.125 e. The zero-order valence-electron chi connectivity index (χ0n) is 10.1. The number of hydrogen-bond donors (Lipinski definition) is 2. The van der Waals surface area contributed by atoms with Gasteiger partial charge in [0, 0.05) is 25.5 Å². The van der Waals surface area contributed by atoms with Gasteiger partial charge in [-0.25, -0.2) is 4.98 Å². The molecule has 0 bridgehead atoms. The Hall–Kier alpha value is -0.870. The van der Waals surface area contributed by atoms with Crippen LogP contribution in [0.2, 0.25) is 0 Å². The first-order valence-electron chi connectivity index (χ1n) is 6.08. The van der Waals surface area contributed by atoms with Crippen LogP contribution in [0.4, 0.5) is 0 Å². The van der Waals surface area contributed by atoms with E-state index in [-0.39, 0.29) is 12.1 Å². The van der Waals surface area contributed by atoms with Crippen molar-refractivity contribution in [3.8, 4) is 0 Å². The SMILES string of the molecule is CC(NC1CCCC(O)C1)c1nccn1C. The number of imidazole rings is 1. The van der Waals surface area contributed by atoms with Crippen LogP contribution >= 0.6 is 0 Å². The van der Waals surface area contributed by atoms with E-state index in [2.05, 4.69) is 17.2 Å². The summed E-state index contributed by atoms with van der Waals surface area (Å²) >= 11 is 0. The van der Waals surface area contributed by atoms with E-state index in [4.69, 9.17) is 0 Å². The van der Waals surface area contributed by atoms with E-state index in [1.54, 1.807) is 0 Å². The molecule has 2 N–H and O–H groups in total. The van der Waals surface area contributed by atoms with Crippen molar-refractivity contribution in [1.82, 2.24) is 14.9 Å². The number of aryl methyl sites for hydroxylation is 1. The van der Waals surface area contributed by atoms with Gasteiger partial charge in [0.2, 0.25) is 0 Å². The maximum Gasteiger partial charge on any atom is 0.125 e. The fourth-order valence-corrected chi connectivity index (χ4v) is 2.54. The minimum Gasteiger partial charge on any atom is -0.393 e. The van der Waals surface area contributed by atoms with Gasteiger partial charge in [-0.3, -0.25) is 0 Å². The van der Waals surface area contributed by atoms with Crippen LogP contribution in [0, 0.1) is 0 Å². The van der Waals surface area contributed by atoms with Gasteiger partial charge in [-0.05, 0) is 32.6 Å². The van der Waals surface area contributed by atoms with E-state index < -0.39 is 0 Å². The monoisotopic (exact) mass is 223 g/mol. The Labute approximate surface area is 96.7 Å². The molecule has 0 amide bonds. The highest BCUT2D eigenvalue weighted by Gasteiger charge is 2.22. The fraction of sp³-hybridized carbons (Fsp3) is 0.750. The first-order chi connectivity index (χ1) is 7.66. The molecule has 1 aliphatic rings. The second kappa shape index (κ2) is 4.97. The normalized spacial score (nSPS) is 27.9. The summed E-state index contributed by atoms with van der Waals surface area (Å²) in [5, 5.41) is 13.2. The Morgan fingerprint density at radius 2 is 2.38 bits per heavy atom. The number of aromatic nitrogens is 2. The molecule has 0 aromatic carbocycles. The third-order valence-corrected chi connectivity index (χ3v) is 3.38. The molecule has 0 spiro atoms. The number of aliphatic hydroxyl groups excluding tert-OH is 1. The molecule has 1 aliphatic carbocycles. The van der Waals surface area contributed by atoms with Gasteiger partial charge in [0.15, 0.2) is 0 Å². The van der Waals surface area contributed by atoms with Crippen molar-refractivity contribution >= 4 is 0 Å². The molecule has 2 rings (SSSR count). The minimum absolute atomic E-state index is 0.125. The zero-order valence-corrected chi connectivity index (χ0v) is 10.1. The molecular formula is C12H21N3O. The molecular weight excluding hydrogens is 202 g/mol. The number of aliphatic hydroxyl groups is 1. The molecule has 0 saturated heterocycles. The van der Waals surface area contributed by atoms with Gasteiger partial charge in [-0.15, -0.1) is 0 Å². The molecule has 1 saturated carbocycles. The van der Waals surface area contributed by atoms with Crippen LogP contribution in [0.3, 0.4) is 0 Å². The molecule has 1 fully saturated rings. The van der Waals surface area contributed by atoms with Crippen LogP contribution in [-0.4, -0.2) is 26.8 Å². The molecule has 4 heteroatoms. The van der Waals surface area contributed by atoms with Crippen molar-refractivity contribution in [1.29, 1.82) is 0 Å². The Balaban J connectivity index is 1.92. The second-order valence-corrected chi connectivity index (χ2v) is 4.80. The molecule has 4 nitrogen and oxygen atoms in total. The van der Waals surface area contributed by atoms with Crippen LogP contribution in [-0.2, 0) is 7.05 Å². The number of nitrogens with zero attached hydrogens (tertiary/aromatic N) is 2. The summed E-state index contributed by atoms with van der Waals surface area (Å²) in [7, 11) is 2.01. The Kier molecular flexibility index (Phi) is 3.61. The summed E-state index contributed by atoms with van der Waals surface area (Å²) in [5.41, 5.74) is 0. The van der Waals surface area contributed by atoms with Gasteiger partial charge in [-0.2, -0.15) is 0 Å². The van der Waals surface area contributed by atoms with E-state index in [0.717, 1.165) is 31.5 Å². The zero-order chi connectivity index (χ0) is 11.5. The van der Waals surface area contributed by atoms with E-state index in [0.29, 0.717) is 6.04 Å². The van der Waals surface area contributed by atoms with E-state index in [9.17, 15) is 5.11 Å². The van der Waals surface area contributed by atoms with Crippen LogP contribution in [0.5, 0.6) is 0 Å². The molecule has 90 valence electrons. The molecule has 1 aromatic heterocycles. The maximum atomic E-state index is 9.62. The lowest BCUT2D eigenvalue weighted by molar-refractivity contribution is 0.109. The third kappa shape index (κ3) is 2.62. The molecule has 3 atom stereocenters. The van der Waals surface area contributed by atoms with Crippen molar-refractivity contribution < 1.29 is 5.11 Å². The quantitative estimate of drug-likeness (QED) is 0.814. The van der Waals surface area contributed by atoms with Gasteiger partial charge in [0.1, 0.15) is 5.82 Å². The molecule has 1 aromatic rings. The first-order valence-corrected chi connectivity index (χ1v) is 6.08. The highest BCUT2D eigenvalue weighted by molar-refractivity contribution is 4.98. The largest absolute Gasteiger partial charge is 0.393 e. The number of nitrogens with one attached hydrogen (secondary N) is 1. The highest BCUT2D eigenvalue weighted by atomic mass is 16.3. The van der Waals surface area contributed by atoms with Crippen LogP contribution in [0.25, 0.3) is 0 Å². The lowest BCUT2D eigenvalue weighted by Crippen LogP contribution is -2.38. The summed E-state index contributed by atoms with van der Waals surface area (Å²) in [5.74, 6) is 1.06. The highest BCUT2D eigenvalue weighted by Crippen LogP contribution is 2.21. The second-order valence-electron chi connectivity index (χ2n) is 4.80. The van der Waals surface area contributed by atoms with E-state index in [1.807, 2.05) is 24.0 Å². The third-order valence-electron chi connectivity index (χ3n) is 3.38. The van der Waals surface area contributed by atoms with E-state index in [1.165, 1.54) is 0 Å². The van der Waals surface area contributed by atoms with Crippen LogP contribution < -0.4 is 5.32 Å². The topological polar surface area (TPSA) is 50.1 Å². The molecule has 3 unspecified atom stereocenters. The fourth-order valence-electron chi connectivity index (χ4n) is 2.54. The van der Waals surface area contributed by atoms with Crippen molar-refractivity contribution in [2.45, 2.75) is 50.8 Å². The summed E-state index contributed by atoms with van der Waals surface area (Å²) in [6, 6.07) is 0.672. The summed E-state index contributed by atoms with van der Waals surface area (Å²) in [6.45, 7) is 2.13. The molecule has 1 heterocycles. The van der Waals surface area contributed by atoms with Gasteiger partial charge < -0.3 is 15.0 Å². The molecule has 0 radical (unpaired) electrons. The average molecular weight is 223 g/mol. The Bertz CT molecular complexity index is 337. The van der Waals surface area contributed by atoms with Gasteiger partial charge in [0.05, 0.1) is 12.1 Å². The lowest BCUT2D eigenvalue weighted by Gasteiger charge is -2.29. The van der Waals surface area contributed by atoms with Gasteiger partial charge in [0.25, 0.3) is 0 Å². The molecule has 16 heavy (non-hydrogen) atoms.